The molecule has 1 rings (SSSR count). The van der Waals surface area contributed by atoms with Crippen molar-refractivity contribution < 1.29 is 9.05 Å². The second kappa shape index (κ2) is 4.93. The molecule has 0 atom stereocenters. The lowest BCUT2D eigenvalue weighted by Gasteiger charge is -2.11. The lowest BCUT2D eigenvalue weighted by molar-refractivity contribution is 0.350. The van der Waals surface area contributed by atoms with Gasteiger partial charge in [0.05, 0.1) is 0 Å². The van der Waals surface area contributed by atoms with Gasteiger partial charge in [-0.3, -0.25) is 0 Å². The highest BCUT2D eigenvalue weighted by molar-refractivity contribution is 9.10. The minimum Gasteiger partial charge on any atom is -0.334 e. The van der Waals surface area contributed by atoms with Crippen LogP contribution in [0.15, 0.2) is 28.7 Å². The normalized spacial score (nSPS) is 10.7. The first kappa shape index (κ1) is 10.1. The number of halogens is 1. The maximum absolute atomic E-state index is 5.15. The summed E-state index contributed by atoms with van der Waals surface area (Å²) in [5.74, 6) is 0. The Morgan fingerprint density at radius 3 is 2.00 bits per heavy atom. The molecule has 0 amide bonds. The zero-order chi connectivity index (χ0) is 8.97. The fourth-order valence-electron chi connectivity index (χ4n) is 0.848. The van der Waals surface area contributed by atoms with Crippen molar-refractivity contribution in [3.63, 3.8) is 0 Å². The summed E-state index contributed by atoms with van der Waals surface area (Å²) in [5, 5.41) is 1.08. The zero-order valence-corrected chi connectivity index (χ0v) is 9.43. The van der Waals surface area contributed by atoms with E-state index in [-0.39, 0.29) is 0 Å². The zero-order valence-electron chi connectivity index (χ0n) is 6.95. The van der Waals surface area contributed by atoms with Gasteiger partial charge in [-0.2, -0.15) is 0 Å². The lowest BCUT2D eigenvalue weighted by atomic mass is 10.4. The van der Waals surface area contributed by atoms with E-state index >= 15 is 0 Å². The van der Waals surface area contributed by atoms with Gasteiger partial charge in [-0.15, -0.1) is 0 Å². The first-order valence-electron chi connectivity index (χ1n) is 3.42. The van der Waals surface area contributed by atoms with Crippen LogP contribution >= 0.6 is 24.3 Å². The molecule has 0 saturated heterocycles. The third-order valence-corrected chi connectivity index (χ3v) is 3.28. The molecule has 0 unspecified atom stereocenters. The highest BCUT2D eigenvalue weighted by atomic mass is 79.9. The second-order valence-corrected chi connectivity index (χ2v) is 4.78. The van der Waals surface area contributed by atoms with Crippen LogP contribution in [-0.2, 0) is 9.05 Å². The van der Waals surface area contributed by atoms with E-state index in [9.17, 15) is 0 Å². The van der Waals surface area contributed by atoms with Gasteiger partial charge in [0.1, 0.15) is 0 Å². The van der Waals surface area contributed by atoms with Gasteiger partial charge >= 0.3 is 0 Å². The van der Waals surface area contributed by atoms with Crippen LogP contribution in [0.3, 0.4) is 0 Å². The Morgan fingerprint density at radius 2 is 1.58 bits per heavy atom. The van der Waals surface area contributed by atoms with Gasteiger partial charge < -0.3 is 9.05 Å². The molecule has 12 heavy (non-hydrogen) atoms. The molecule has 0 aliphatic heterocycles. The van der Waals surface area contributed by atoms with Crippen LogP contribution in [0.25, 0.3) is 0 Å². The Bertz CT molecular complexity index is 233. The molecule has 0 aliphatic carbocycles. The van der Waals surface area contributed by atoms with E-state index in [4.69, 9.17) is 9.05 Å². The van der Waals surface area contributed by atoms with Crippen LogP contribution in [0.1, 0.15) is 0 Å². The third-order valence-electron chi connectivity index (χ3n) is 1.37. The molecule has 0 aromatic heterocycles. The predicted octanol–water partition coefficient (Wildman–Crippen LogP) is 2.68. The Balaban J connectivity index is 2.80. The van der Waals surface area contributed by atoms with Gasteiger partial charge in [0.25, 0.3) is 0 Å². The van der Waals surface area contributed by atoms with Crippen molar-refractivity contribution in [2.75, 3.05) is 14.2 Å². The van der Waals surface area contributed by atoms with E-state index in [0.717, 1.165) is 9.78 Å². The van der Waals surface area contributed by atoms with Crippen molar-refractivity contribution in [3.8, 4) is 0 Å². The Labute approximate surface area is 81.9 Å². The van der Waals surface area contributed by atoms with Gasteiger partial charge in [-0.05, 0) is 24.3 Å². The van der Waals surface area contributed by atoms with Crippen LogP contribution in [0.2, 0.25) is 0 Å². The maximum atomic E-state index is 5.15. The summed E-state index contributed by atoms with van der Waals surface area (Å²) in [7, 11) is 2.42. The van der Waals surface area contributed by atoms with E-state index < -0.39 is 8.38 Å². The number of rotatable bonds is 3. The summed E-state index contributed by atoms with van der Waals surface area (Å²) < 4.78 is 11.4. The summed E-state index contributed by atoms with van der Waals surface area (Å²) in [4.78, 5) is 0. The maximum Gasteiger partial charge on any atom is 0.204 e. The number of hydrogen-bond acceptors (Lipinski definition) is 2. The molecule has 4 heteroatoms. The van der Waals surface area contributed by atoms with Crippen molar-refractivity contribution in [2.45, 2.75) is 0 Å². The highest BCUT2D eigenvalue weighted by Crippen LogP contribution is 2.34. The lowest BCUT2D eigenvalue weighted by Crippen LogP contribution is -2.01. The summed E-state index contributed by atoms with van der Waals surface area (Å²) in [5.41, 5.74) is 0. The van der Waals surface area contributed by atoms with Crippen LogP contribution in [0.5, 0.6) is 0 Å². The van der Waals surface area contributed by atoms with E-state index in [0.29, 0.717) is 0 Å². The van der Waals surface area contributed by atoms with E-state index in [1.165, 1.54) is 0 Å². The molecule has 0 bridgehead atoms. The number of hydrogen-bond donors (Lipinski definition) is 0. The standard InChI is InChI=1S/C8H10BrO2P/c1-10-12(11-2)8-5-3-7(9)4-6-8/h3-6H,1-2H3. The smallest absolute Gasteiger partial charge is 0.204 e. The first-order valence-corrected chi connectivity index (χ1v) is 5.39. The molecular weight excluding hydrogens is 239 g/mol. The largest absolute Gasteiger partial charge is 0.334 e. The van der Waals surface area contributed by atoms with Gasteiger partial charge in [0.15, 0.2) is 0 Å². The van der Waals surface area contributed by atoms with Crippen molar-refractivity contribution in [1.82, 2.24) is 0 Å². The van der Waals surface area contributed by atoms with E-state index in [1.807, 2.05) is 24.3 Å². The summed E-state index contributed by atoms with van der Waals surface area (Å²) >= 11 is 3.36. The molecule has 1 aromatic rings. The predicted molar refractivity (Wildman–Crippen MR) is 54.7 cm³/mol. The molecular formula is C8H10BrO2P. The van der Waals surface area contributed by atoms with Crippen LogP contribution < -0.4 is 5.30 Å². The molecule has 0 spiro atoms. The Kier molecular flexibility index (Phi) is 4.16. The minimum absolute atomic E-state index is 0.885. The first-order chi connectivity index (χ1) is 5.77. The van der Waals surface area contributed by atoms with Crippen LogP contribution in [0, 0.1) is 0 Å². The average molecular weight is 249 g/mol. The van der Waals surface area contributed by atoms with Gasteiger partial charge in [-0.25, -0.2) is 0 Å². The van der Waals surface area contributed by atoms with Crippen molar-refractivity contribution >= 4 is 29.6 Å². The Hall–Kier alpha value is 0.0500. The molecule has 0 radical (unpaired) electrons. The molecule has 1 aromatic carbocycles. The summed E-state index contributed by atoms with van der Waals surface area (Å²) in [6.07, 6.45) is 0. The van der Waals surface area contributed by atoms with Crippen molar-refractivity contribution in [3.05, 3.63) is 28.7 Å². The molecule has 0 N–H and O–H groups in total. The second-order valence-electron chi connectivity index (χ2n) is 2.10. The molecule has 0 saturated carbocycles. The number of benzene rings is 1. The topological polar surface area (TPSA) is 18.5 Å². The average Bonchev–Trinajstić information content (AvgIpc) is 2.10. The van der Waals surface area contributed by atoms with Crippen molar-refractivity contribution in [1.29, 1.82) is 0 Å². The fraction of sp³-hybridized carbons (Fsp3) is 0.250. The van der Waals surface area contributed by atoms with Crippen molar-refractivity contribution in [2.24, 2.45) is 0 Å². The van der Waals surface area contributed by atoms with Gasteiger partial charge in [0, 0.05) is 24.0 Å². The van der Waals surface area contributed by atoms with Gasteiger partial charge in [0.2, 0.25) is 8.38 Å². The fourth-order valence-corrected chi connectivity index (χ4v) is 2.08. The third kappa shape index (κ3) is 2.53. The van der Waals surface area contributed by atoms with Gasteiger partial charge in [-0.1, -0.05) is 15.9 Å². The molecule has 0 heterocycles. The van der Waals surface area contributed by atoms with E-state index in [2.05, 4.69) is 15.9 Å². The summed E-state index contributed by atoms with van der Waals surface area (Å²) in [6.45, 7) is 0. The molecule has 0 fully saturated rings. The monoisotopic (exact) mass is 248 g/mol. The summed E-state index contributed by atoms with van der Waals surface area (Å²) in [6, 6.07) is 7.93. The van der Waals surface area contributed by atoms with Crippen LogP contribution in [0.4, 0.5) is 0 Å². The Morgan fingerprint density at radius 1 is 1.08 bits per heavy atom. The molecule has 2 nitrogen and oxygen atoms in total. The highest BCUT2D eigenvalue weighted by Gasteiger charge is 2.08. The quantitative estimate of drug-likeness (QED) is 0.766. The SMILES string of the molecule is COP(OC)c1ccc(Br)cc1. The van der Waals surface area contributed by atoms with E-state index in [1.54, 1.807) is 14.2 Å². The van der Waals surface area contributed by atoms with Crippen LogP contribution in [-0.4, -0.2) is 14.2 Å². The minimum atomic E-state index is -0.885. The molecule has 0 aliphatic rings. The molecule has 66 valence electrons.